The van der Waals surface area contributed by atoms with Crippen LogP contribution in [0.3, 0.4) is 0 Å². The molecule has 0 saturated heterocycles. The Balaban J connectivity index is 1.70. The van der Waals surface area contributed by atoms with Crippen molar-refractivity contribution in [2.75, 3.05) is 7.11 Å². The van der Waals surface area contributed by atoms with Gasteiger partial charge in [0.05, 0.1) is 29.7 Å². The topological polar surface area (TPSA) is 76.8 Å². The monoisotopic (exact) mass is 459 g/mol. The highest BCUT2D eigenvalue weighted by molar-refractivity contribution is 6.31. The molecule has 0 aliphatic carbocycles. The minimum atomic E-state index is -0.681. The van der Waals surface area contributed by atoms with Crippen LogP contribution in [-0.2, 0) is 11.3 Å². The first kappa shape index (κ1) is 21.0. The highest BCUT2D eigenvalue weighted by atomic mass is 35.5. The van der Waals surface area contributed by atoms with Crippen molar-refractivity contribution in [3.05, 3.63) is 116 Å². The lowest BCUT2D eigenvalue weighted by Gasteiger charge is -2.25. The summed E-state index contributed by atoms with van der Waals surface area (Å²) < 4.78 is 10.7. The van der Waals surface area contributed by atoms with E-state index in [1.807, 2.05) is 30.3 Å². The van der Waals surface area contributed by atoms with Crippen LogP contribution in [0.1, 0.15) is 43.6 Å². The molecule has 1 atom stereocenters. The summed E-state index contributed by atoms with van der Waals surface area (Å²) in [6.07, 6.45) is 0. The summed E-state index contributed by atoms with van der Waals surface area (Å²) in [5.74, 6) is -0.816. The number of amides is 1. The number of fused-ring (bicyclic) bond motifs is 2. The molecule has 0 saturated carbocycles. The van der Waals surface area contributed by atoms with Gasteiger partial charge in [0.1, 0.15) is 5.58 Å². The molecule has 6 nitrogen and oxygen atoms in total. The van der Waals surface area contributed by atoms with Crippen LogP contribution in [0.4, 0.5) is 0 Å². The van der Waals surface area contributed by atoms with Crippen LogP contribution in [0.5, 0.6) is 0 Å². The molecule has 33 heavy (non-hydrogen) atoms. The van der Waals surface area contributed by atoms with E-state index in [4.69, 9.17) is 20.8 Å². The summed E-state index contributed by atoms with van der Waals surface area (Å²) in [6, 6.07) is 20.3. The number of benzene rings is 3. The largest absolute Gasteiger partial charge is 0.465 e. The number of carbonyl (C=O) groups excluding carboxylic acids is 2. The summed E-state index contributed by atoms with van der Waals surface area (Å²) in [5.41, 5.74) is 2.22. The number of carbonyl (C=O) groups is 2. The van der Waals surface area contributed by atoms with Gasteiger partial charge in [-0.25, -0.2) is 4.79 Å². The Kier molecular flexibility index (Phi) is 5.23. The number of nitrogens with zero attached hydrogens (tertiary/aromatic N) is 1. The van der Waals surface area contributed by atoms with Crippen LogP contribution in [-0.4, -0.2) is 23.9 Å². The van der Waals surface area contributed by atoms with Gasteiger partial charge in [0.2, 0.25) is 5.76 Å². The first-order valence-corrected chi connectivity index (χ1v) is 10.6. The van der Waals surface area contributed by atoms with Crippen LogP contribution in [0.15, 0.2) is 82.0 Å². The number of rotatable bonds is 4. The van der Waals surface area contributed by atoms with E-state index in [1.165, 1.54) is 7.11 Å². The molecule has 0 spiro atoms. The summed E-state index contributed by atoms with van der Waals surface area (Å²) in [7, 11) is 1.31. The fraction of sp³-hybridized carbons (Fsp3) is 0.115. The Morgan fingerprint density at radius 1 is 1.03 bits per heavy atom. The van der Waals surface area contributed by atoms with Gasteiger partial charge in [-0.3, -0.25) is 9.59 Å². The van der Waals surface area contributed by atoms with Crippen molar-refractivity contribution >= 4 is 34.4 Å². The molecule has 2 heterocycles. The van der Waals surface area contributed by atoms with Gasteiger partial charge in [-0.05, 0) is 41.5 Å². The van der Waals surface area contributed by atoms with Crippen LogP contribution in [0.2, 0.25) is 5.02 Å². The smallest absolute Gasteiger partial charge is 0.337 e. The van der Waals surface area contributed by atoms with Gasteiger partial charge in [-0.15, -0.1) is 0 Å². The Labute approximate surface area is 194 Å². The van der Waals surface area contributed by atoms with Crippen molar-refractivity contribution in [2.45, 2.75) is 12.6 Å². The van der Waals surface area contributed by atoms with E-state index in [2.05, 4.69) is 0 Å². The molecular formula is C26H18ClNO5. The quantitative estimate of drug-likeness (QED) is 0.402. The first-order valence-electron chi connectivity index (χ1n) is 10.3. The van der Waals surface area contributed by atoms with Gasteiger partial charge in [0, 0.05) is 11.6 Å². The third-order valence-corrected chi connectivity index (χ3v) is 6.01. The maximum atomic E-state index is 13.5. The van der Waals surface area contributed by atoms with Crippen molar-refractivity contribution in [1.82, 2.24) is 4.90 Å². The molecule has 5 rings (SSSR count). The lowest BCUT2D eigenvalue weighted by molar-refractivity contribution is 0.0599. The second-order valence-corrected chi connectivity index (χ2v) is 8.19. The molecule has 7 heteroatoms. The second kappa shape index (κ2) is 8.22. The molecule has 1 unspecified atom stereocenters. The standard InChI is InChI=1S/C26H18ClNO5/c1-32-26(31)17-9-7-16(8-10-17)22-21-23(29)19-13-18(27)11-12-20(19)33-24(21)25(30)28(22)14-15-5-3-2-4-6-15/h2-13,22H,14H2,1H3. The molecule has 1 amide bonds. The van der Waals surface area contributed by atoms with Gasteiger partial charge >= 0.3 is 5.97 Å². The van der Waals surface area contributed by atoms with E-state index < -0.39 is 12.0 Å². The zero-order valence-corrected chi connectivity index (χ0v) is 18.3. The van der Waals surface area contributed by atoms with Crippen molar-refractivity contribution < 1.29 is 18.7 Å². The van der Waals surface area contributed by atoms with E-state index in [0.717, 1.165) is 5.56 Å². The molecule has 1 aliphatic rings. The molecule has 1 aliphatic heterocycles. The van der Waals surface area contributed by atoms with Crippen molar-refractivity contribution in [1.29, 1.82) is 0 Å². The van der Waals surface area contributed by atoms with Crippen molar-refractivity contribution in [3.63, 3.8) is 0 Å². The molecule has 0 fully saturated rings. The van der Waals surface area contributed by atoms with E-state index >= 15 is 0 Å². The van der Waals surface area contributed by atoms with Crippen molar-refractivity contribution in [2.24, 2.45) is 0 Å². The average molecular weight is 460 g/mol. The summed E-state index contributed by atoms with van der Waals surface area (Å²) in [4.78, 5) is 40.5. The number of hydrogen-bond donors (Lipinski definition) is 0. The van der Waals surface area contributed by atoms with Crippen molar-refractivity contribution in [3.8, 4) is 0 Å². The van der Waals surface area contributed by atoms with Gasteiger partial charge < -0.3 is 14.1 Å². The second-order valence-electron chi connectivity index (χ2n) is 7.75. The number of halogens is 1. The first-order chi connectivity index (χ1) is 16.0. The van der Waals surface area contributed by atoms with Crippen LogP contribution < -0.4 is 5.43 Å². The summed E-state index contributed by atoms with van der Waals surface area (Å²) >= 11 is 6.12. The SMILES string of the molecule is COC(=O)c1ccc(C2c3c(oc4ccc(Cl)cc4c3=O)C(=O)N2Cc2ccccc2)cc1. The molecule has 0 N–H and O–H groups in total. The van der Waals surface area contributed by atoms with Gasteiger partial charge in [0.15, 0.2) is 5.43 Å². The van der Waals surface area contributed by atoms with E-state index in [-0.39, 0.29) is 29.2 Å². The maximum absolute atomic E-state index is 13.5. The van der Waals surface area contributed by atoms with Gasteiger partial charge in [-0.2, -0.15) is 0 Å². The molecule has 3 aromatic carbocycles. The third-order valence-electron chi connectivity index (χ3n) is 5.77. The van der Waals surface area contributed by atoms with Crippen LogP contribution in [0.25, 0.3) is 11.0 Å². The minimum absolute atomic E-state index is 0.0211. The van der Waals surface area contributed by atoms with Gasteiger partial charge in [-0.1, -0.05) is 54.1 Å². The normalized spacial score (nSPS) is 15.0. The Morgan fingerprint density at radius 2 is 1.76 bits per heavy atom. The van der Waals surface area contributed by atoms with Crippen LogP contribution in [0, 0.1) is 0 Å². The predicted octanol–water partition coefficient (Wildman–Crippen LogP) is 4.98. The number of hydrogen-bond acceptors (Lipinski definition) is 5. The fourth-order valence-corrected chi connectivity index (χ4v) is 4.37. The summed E-state index contributed by atoms with van der Waals surface area (Å²) in [6.45, 7) is 0.282. The Hall–Kier alpha value is -3.90. The third kappa shape index (κ3) is 3.58. The number of methoxy groups -OCH3 is 1. The zero-order chi connectivity index (χ0) is 23.1. The Bertz CT molecular complexity index is 1440. The average Bonchev–Trinajstić information content (AvgIpc) is 3.11. The molecule has 164 valence electrons. The molecule has 1 aromatic heterocycles. The fourth-order valence-electron chi connectivity index (χ4n) is 4.20. The lowest BCUT2D eigenvalue weighted by Crippen LogP contribution is -2.29. The molecular weight excluding hydrogens is 442 g/mol. The van der Waals surface area contributed by atoms with Gasteiger partial charge in [0.25, 0.3) is 5.91 Å². The van der Waals surface area contributed by atoms with E-state index in [1.54, 1.807) is 47.4 Å². The molecule has 0 bridgehead atoms. The number of esters is 1. The lowest BCUT2D eigenvalue weighted by atomic mass is 9.97. The Morgan fingerprint density at radius 3 is 2.45 bits per heavy atom. The zero-order valence-electron chi connectivity index (χ0n) is 17.6. The highest BCUT2D eigenvalue weighted by Crippen LogP contribution is 2.39. The number of ether oxygens (including phenoxy) is 1. The predicted molar refractivity (Wildman–Crippen MR) is 123 cm³/mol. The molecule has 0 radical (unpaired) electrons. The summed E-state index contributed by atoms with van der Waals surface area (Å²) in [5, 5.41) is 0.714. The maximum Gasteiger partial charge on any atom is 0.337 e. The van der Waals surface area contributed by atoms with E-state index in [0.29, 0.717) is 27.1 Å². The highest BCUT2D eigenvalue weighted by Gasteiger charge is 2.42. The van der Waals surface area contributed by atoms with Crippen LogP contribution >= 0.6 is 11.6 Å². The molecule has 4 aromatic rings. The van der Waals surface area contributed by atoms with E-state index in [9.17, 15) is 14.4 Å². The minimum Gasteiger partial charge on any atom is -0.465 e.